The molecule has 0 bridgehead atoms. The van der Waals surface area contributed by atoms with Crippen LogP contribution < -0.4 is 0 Å². The van der Waals surface area contributed by atoms with Gasteiger partial charge in [-0.25, -0.2) is 4.79 Å². The van der Waals surface area contributed by atoms with Gasteiger partial charge in [0.15, 0.2) is 0 Å². The van der Waals surface area contributed by atoms with Gasteiger partial charge in [-0.05, 0) is 19.8 Å². The molecule has 7 heteroatoms. The van der Waals surface area contributed by atoms with Gasteiger partial charge >= 0.3 is 5.97 Å². The Kier molecular flexibility index (Phi) is 8.13. The Balaban J connectivity index is 4.37. The molecule has 2 unspecified atom stereocenters. The van der Waals surface area contributed by atoms with Crippen molar-refractivity contribution in [2.45, 2.75) is 57.6 Å². The van der Waals surface area contributed by atoms with Gasteiger partial charge in [-0.3, -0.25) is 4.55 Å². The molecular formula is C11H22O6S. The zero-order valence-corrected chi connectivity index (χ0v) is 11.6. The van der Waals surface area contributed by atoms with Crippen molar-refractivity contribution in [3.05, 3.63) is 0 Å². The molecule has 0 heterocycles. The fourth-order valence-corrected chi connectivity index (χ4v) is 2.22. The zero-order valence-electron chi connectivity index (χ0n) is 10.8. The predicted molar refractivity (Wildman–Crippen MR) is 66.6 cm³/mol. The molecule has 0 aromatic heterocycles. The summed E-state index contributed by atoms with van der Waals surface area (Å²) in [6, 6.07) is 0. The van der Waals surface area contributed by atoms with E-state index in [9.17, 15) is 13.2 Å². The first-order valence-corrected chi connectivity index (χ1v) is 7.64. The third-order valence-corrected chi connectivity index (χ3v) is 4.16. The van der Waals surface area contributed by atoms with Gasteiger partial charge in [0.1, 0.15) is 0 Å². The second-order valence-electron chi connectivity index (χ2n) is 4.52. The summed E-state index contributed by atoms with van der Waals surface area (Å²) < 4.78 is 30.6. The van der Waals surface area contributed by atoms with E-state index in [0.717, 1.165) is 25.7 Å². The minimum atomic E-state index is -4.16. The van der Waals surface area contributed by atoms with Crippen molar-refractivity contribution < 1.29 is 27.9 Å². The number of carbonyl (C=O) groups excluding carboxylic acids is 1. The van der Waals surface area contributed by atoms with Crippen molar-refractivity contribution in [1.29, 1.82) is 0 Å². The lowest BCUT2D eigenvalue weighted by Gasteiger charge is -2.16. The summed E-state index contributed by atoms with van der Waals surface area (Å²) in [7, 11) is -4.16. The average Bonchev–Trinajstić information content (AvgIpc) is 2.30. The summed E-state index contributed by atoms with van der Waals surface area (Å²) in [6.45, 7) is 3.37. The molecule has 2 N–H and O–H groups in total. The highest BCUT2D eigenvalue weighted by Gasteiger charge is 2.27. The summed E-state index contributed by atoms with van der Waals surface area (Å²) in [4.78, 5) is 15.0. The highest BCUT2D eigenvalue weighted by Crippen LogP contribution is 2.20. The maximum absolute atomic E-state index is 11.3. The molecule has 0 aliphatic heterocycles. The van der Waals surface area contributed by atoms with Gasteiger partial charge in [0.05, 0.1) is 11.2 Å². The third kappa shape index (κ3) is 6.93. The molecule has 0 aliphatic rings. The lowest BCUT2D eigenvalue weighted by Crippen LogP contribution is -2.26. The normalized spacial score (nSPS) is 15.1. The van der Waals surface area contributed by atoms with E-state index in [1.807, 2.05) is 0 Å². The summed E-state index contributed by atoms with van der Waals surface area (Å²) in [5, 5.41) is 7.31. The molecule has 0 aromatic rings. The molecule has 0 aromatic carbocycles. The van der Waals surface area contributed by atoms with E-state index in [2.05, 4.69) is 11.8 Å². The van der Waals surface area contributed by atoms with E-state index in [-0.39, 0.29) is 6.42 Å². The Labute approximate surface area is 108 Å². The van der Waals surface area contributed by atoms with E-state index in [4.69, 9.17) is 9.81 Å². The molecule has 0 saturated carbocycles. The maximum Gasteiger partial charge on any atom is 0.345 e. The van der Waals surface area contributed by atoms with Crippen LogP contribution in [0.15, 0.2) is 0 Å². The van der Waals surface area contributed by atoms with Gasteiger partial charge in [0, 0.05) is 0 Å². The largest absolute Gasteiger partial charge is 0.345 e. The predicted octanol–water partition coefficient (Wildman–Crippen LogP) is 2.26. The Hall–Kier alpha value is -0.660. The molecule has 0 aliphatic carbocycles. The quantitative estimate of drug-likeness (QED) is 0.291. The minimum absolute atomic E-state index is 0.0512. The fraction of sp³-hybridized carbons (Fsp3) is 0.909. The highest BCUT2D eigenvalue weighted by atomic mass is 32.2. The highest BCUT2D eigenvalue weighted by molar-refractivity contribution is 7.86. The van der Waals surface area contributed by atoms with E-state index in [1.54, 1.807) is 0 Å². The van der Waals surface area contributed by atoms with Gasteiger partial charge in [0.25, 0.3) is 10.1 Å². The van der Waals surface area contributed by atoms with Gasteiger partial charge in [0.2, 0.25) is 0 Å². The monoisotopic (exact) mass is 282 g/mol. The molecule has 18 heavy (non-hydrogen) atoms. The molecule has 108 valence electrons. The van der Waals surface area contributed by atoms with Gasteiger partial charge in [-0.2, -0.15) is 13.7 Å². The molecule has 0 spiro atoms. The summed E-state index contributed by atoms with van der Waals surface area (Å²) in [5.74, 6) is -1.55. The Morgan fingerprint density at radius 1 is 1.28 bits per heavy atom. The van der Waals surface area contributed by atoms with Crippen LogP contribution in [0.5, 0.6) is 0 Å². The molecule has 0 saturated heterocycles. The lowest BCUT2D eigenvalue weighted by atomic mass is 9.96. The van der Waals surface area contributed by atoms with Crippen LogP contribution >= 0.6 is 0 Å². The third-order valence-electron chi connectivity index (χ3n) is 2.95. The van der Waals surface area contributed by atoms with Crippen molar-refractivity contribution in [1.82, 2.24) is 0 Å². The molecule has 0 rings (SSSR count). The fourth-order valence-electron chi connectivity index (χ4n) is 1.75. The maximum atomic E-state index is 11.3. The second kappa shape index (κ2) is 8.44. The number of hydrogen-bond donors (Lipinski definition) is 2. The zero-order chi connectivity index (χ0) is 14.2. The van der Waals surface area contributed by atoms with Crippen LogP contribution in [0.1, 0.15) is 52.4 Å². The topological polar surface area (TPSA) is 101 Å². The van der Waals surface area contributed by atoms with Crippen LogP contribution in [-0.4, -0.2) is 29.4 Å². The number of unbranched alkanes of at least 4 members (excludes halogenated alkanes) is 3. The molecule has 0 amide bonds. The van der Waals surface area contributed by atoms with Crippen molar-refractivity contribution in [3.8, 4) is 0 Å². The van der Waals surface area contributed by atoms with Crippen LogP contribution in [0.3, 0.4) is 0 Å². The first-order valence-electron chi connectivity index (χ1n) is 6.14. The molecular weight excluding hydrogens is 260 g/mol. The minimum Gasteiger partial charge on any atom is -0.301 e. The molecule has 6 nitrogen and oxygen atoms in total. The molecule has 2 atom stereocenters. The summed E-state index contributed by atoms with van der Waals surface area (Å²) >= 11 is 0. The van der Waals surface area contributed by atoms with Crippen molar-refractivity contribution >= 4 is 16.1 Å². The van der Waals surface area contributed by atoms with E-state index >= 15 is 0 Å². The molecule has 0 radical (unpaired) electrons. The van der Waals surface area contributed by atoms with Crippen LogP contribution in [-0.2, 0) is 19.8 Å². The van der Waals surface area contributed by atoms with Gasteiger partial charge in [-0.1, -0.05) is 32.6 Å². The van der Waals surface area contributed by atoms with Crippen molar-refractivity contribution in [3.63, 3.8) is 0 Å². The molecule has 0 fully saturated rings. The van der Waals surface area contributed by atoms with Crippen LogP contribution in [0.25, 0.3) is 0 Å². The Morgan fingerprint density at radius 3 is 2.33 bits per heavy atom. The van der Waals surface area contributed by atoms with E-state index in [1.165, 1.54) is 6.92 Å². The number of hydrogen-bond acceptors (Lipinski definition) is 5. The SMILES string of the molecule is CCCCCCC(CC(C)S(=O)(=O)O)C(=O)OO. The van der Waals surface area contributed by atoms with Gasteiger partial charge in [-0.15, -0.1) is 0 Å². The second-order valence-corrected chi connectivity index (χ2v) is 6.35. The van der Waals surface area contributed by atoms with E-state index < -0.39 is 27.3 Å². The standard InChI is InChI=1S/C11H22O6S/c1-3-4-5-6-7-10(11(12)17-13)8-9(2)18(14,15)16/h9-10,13H,3-8H2,1-2H3,(H,14,15,16). The Morgan fingerprint density at radius 2 is 1.89 bits per heavy atom. The van der Waals surface area contributed by atoms with Crippen LogP contribution in [0.2, 0.25) is 0 Å². The first-order chi connectivity index (χ1) is 8.32. The van der Waals surface area contributed by atoms with Crippen LogP contribution in [0.4, 0.5) is 0 Å². The number of rotatable bonds is 9. The number of carbonyl (C=O) groups is 1. The summed E-state index contributed by atoms with van der Waals surface area (Å²) in [5.41, 5.74) is 0. The van der Waals surface area contributed by atoms with Crippen LogP contribution in [0, 0.1) is 5.92 Å². The van der Waals surface area contributed by atoms with Crippen molar-refractivity contribution in [2.75, 3.05) is 0 Å². The van der Waals surface area contributed by atoms with E-state index in [0.29, 0.717) is 6.42 Å². The lowest BCUT2D eigenvalue weighted by molar-refractivity contribution is -0.239. The van der Waals surface area contributed by atoms with Crippen molar-refractivity contribution in [2.24, 2.45) is 5.92 Å². The smallest absolute Gasteiger partial charge is 0.301 e. The Bertz CT molecular complexity index is 337. The first kappa shape index (κ1) is 17.3. The average molecular weight is 282 g/mol. The summed E-state index contributed by atoms with van der Waals surface area (Å²) in [6.07, 6.45) is 4.17. The van der Waals surface area contributed by atoms with Gasteiger partial charge < -0.3 is 4.89 Å².